The fourth-order valence-electron chi connectivity index (χ4n) is 4.01. The molecule has 2 saturated heterocycles. The first-order chi connectivity index (χ1) is 12.7. The summed E-state index contributed by atoms with van der Waals surface area (Å²) in [6, 6.07) is 10.2. The first kappa shape index (κ1) is 17.6. The molecule has 0 amide bonds. The Morgan fingerprint density at radius 3 is 2.88 bits per heavy atom. The van der Waals surface area contributed by atoms with Crippen LogP contribution in [0.15, 0.2) is 42.7 Å². The van der Waals surface area contributed by atoms with E-state index in [1.807, 2.05) is 43.6 Å². The number of aryl methyl sites for hydroxylation is 1. The Hall–Kier alpha value is -1.82. The molecule has 0 aromatic carbocycles. The van der Waals surface area contributed by atoms with E-state index in [0.717, 1.165) is 50.3 Å². The minimum absolute atomic E-state index is 0.0101. The van der Waals surface area contributed by atoms with Gasteiger partial charge >= 0.3 is 0 Å². The maximum absolute atomic E-state index is 6.22. The molecule has 0 N–H and O–H groups in total. The van der Waals surface area contributed by atoms with E-state index >= 15 is 0 Å². The van der Waals surface area contributed by atoms with Crippen LogP contribution in [0.25, 0.3) is 0 Å². The lowest BCUT2D eigenvalue weighted by atomic mass is 9.88. The van der Waals surface area contributed by atoms with Gasteiger partial charge in [-0.15, -0.1) is 0 Å². The van der Waals surface area contributed by atoms with Gasteiger partial charge in [0.2, 0.25) is 0 Å². The number of nitrogens with zero attached hydrogens (tertiary/aromatic N) is 3. The van der Waals surface area contributed by atoms with Crippen molar-refractivity contribution >= 4 is 0 Å². The predicted molar refractivity (Wildman–Crippen MR) is 99.6 cm³/mol. The number of aromatic nitrogens is 2. The molecule has 1 atom stereocenters. The van der Waals surface area contributed by atoms with E-state index in [9.17, 15) is 0 Å². The lowest BCUT2D eigenvalue weighted by Gasteiger charge is -2.38. The molecule has 5 nitrogen and oxygen atoms in total. The smallest absolute Gasteiger partial charge is 0.0892 e. The van der Waals surface area contributed by atoms with Gasteiger partial charge in [0.15, 0.2) is 0 Å². The number of ether oxygens (including phenoxy) is 2. The molecule has 138 valence electrons. The molecule has 2 aromatic rings. The highest BCUT2D eigenvalue weighted by Gasteiger charge is 2.43. The highest BCUT2D eigenvalue weighted by Crippen LogP contribution is 2.37. The molecule has 4 rings (SSSR count). The van der Waals surface area contributed by atoms with Crippen molar-refractivity contribution in [2.24, 2.45) is 0 Å². The molecule has 2 aromatic heterocycles. The van der Waals surface area contributed by atoms with Gasteiger partial charge in [0.05, 0.1) is 30.6 Å². The van der Waals surface area contributed by atoms with E-state index in [0.29, 0.717) is 13.2 Å². The van der Waals surface area contributed by atoms with Crippen LogP contribution < -0.4 is 0 Å². The summed E-state index contributed by atoms with van der Waals surface area (Å²) in [4.78, 5) is 11.2. The van der Waals surface area contributed by atoms with Crippen molar-refractivity contribution in [3.8, 4) is 0 Å². The van der Waals surface area contributed by atoms with Crippen molar-refractivity contribution in [3.63, 3.8) is 0 Å². The molecule has 2 fully saturated rings. The number of likely N-dealkylation sites (tertiary alicyclic amines) is 1. The quantitative estimate of drug-likeness (QED) is 0.826. The molecular weight excluding hydrogens is 326 g/mol. The summed E-state index contributed by atoms with van der Waals surface area (Å²) >= 11 is 0. The molecule has 4 heterocycles. The highest BCUT2D eigenvalue weighted by atomic mass is 16.6. The van der Waals surface area contributed by atoms with Gasteiger partial charge in [0.1, 0.15) is 0 Å². The van der Waals surface area contributed by atoms with Crippen LogP contribution in [-0.2, 0) is 22.6 Å². The van der Waals surface area contributed by atoms with Gasteiger partial charge in [-0.25, -0.2) is 0 Å². The normalized spacial score (nSPS) is 22.7. The van der Waals surface area contributed by atoms with Crippen molar-refractivity contribution in [2.75, 3.05) is 19.7 Å². The summed E-state index contributed by atoms with van der Waals surface area (Å²) in [6.07, 6.45) is 7.13. The largest absolute Gasteiger partial charge is 0.372 e. The fourth-order valence-corrected chi connectivity index (χ4v) is 4.01. The maximum atomic E-state index is 6.22. The predicted octanol–water partition coefficient (Wildman–Crippen LogP) is 3.13. The SMILES string of the molecule is Cc1cccc(CO[C@@H]2COC3(CCN(Cc4cccnc4)CC3)C2)n1. The van der Waals surface area contributed by atoms with Gasteiger partial charge in [-0.1, -0.05) is 12.1 Å². The summed E-state index contributed by atoms with van der Waals surface area (Å²) in [5.74, 6) is 0. The molecule has 1 spiro atoms. The number of rotatable bonds is 5. The van der Waals surface area contributed by atoms with Crippen LogP contribution in [0.4, 0.5) is 0 Å². The third kappa shape index (κ3) is 4.29. The molecule has 0 unspecified atom stereocenters. The highest BCUT2D eigenvalue weighted by molar-refractivity contribution is 5.10. The molecular formula is C21H27N3O2. The fraction of sp³-hybridized carbons (Fsp3) is 0.524. The van der Waals surface area contributed by atoms with Crippen molar-refractivity contribution in [1.29, 1.82) is 0 Å². The zero-order valence-corrected chi connectivity index (χ0v) is 15.4. The Kier molecular flexibility index (Phi) is 5.29. The summed E-state index contributed by atoms with van der Waals surface area (Å²) < 4.78 is 12.3. The molecule has 2 aliphatic heterocycles. The van der Waals surface area contributed by atoms with E-state index in [1.54, 1.807) is 0 Å². The van der Waals surface area contributed by atoms with Crippen molar-refractivity contribution < 1.29 is 9.47 Å². The van der Waals surface area contributed by atoms with Crippen LogP contribution in [0.2, 0.25) is 0 Å². The van der Waals surface area contributed by atoms with Crippen molar-refractivity contribution in [3.05, 3.63) is 59.7 Å². The average Bonchev–Trinajstić information content (AvgIpc) is 3.06. The lowest BCUT2D eigenvalue weighted by molar-refractivity contribution is -0.0468. The molecule has 0 saturated carbocycles. The summed E-state index contributed by atoms with van der Waals surface area (Å²) in [6.45, 7) is 6.40. The third-order valence-electron chi connectivity index (χ3n) is 5.48. The number of hydrogen-bond donors (Lipinski definition) is 0. The van der Waals surface area contributed by atoms with E-state index in [-0.39, 0.29) is 11.7 Å². The number of piperidine rings is 1. The van der Waals surface area contributed by atoms with E-state index in [1.165, 1.54) is 5.56 Å². The van der Waals surface area contributed by atoms with Gasteiger partial charge in [-0.3, -0.25) is 14.9 Å². The second-order valence-corrected chi connectivity index (χ2v) is 7.54. The van der Waals surface area contributed by atoms with Crippen LogP contribution >= 0.6 is 0 Å². The zero-order valence-electron chi connectivity index (χ0n) is 15.4. The Labute approximate surface area is 155 Å². The minimum atomic E-state index is 0.0101. The topological polar surface area (TPSA) is 47.5 Å². The number of pyridine rings is 2. The van der Waals surface area contributed by atoms with Crippen LogP contribution in [0.5, 0.6) is 0 Å². The second-order valence-electron chi connectivity index (χ2n) is 7.54. The summed E-state index contributed by atoms with van der Waals surface area (Å²) in [7, 11) is 0. The standard InChI is InChI=1S/C21H27N3O2/c1-17-4-2-6-19(23-17)15-25-20-12-21(26-16-20)7-10-24(11-8-21)14-18-5-3-9-22-13-18/h2-6,9,13,20H,7-8,10-12,14-16H2,1H3/t20-/m0/s1. The van der Waals surface area contributed by atoms with E-state index in [2.05, 4.69) is 20.9 Å². The van der Waals surface area contributed by atoms with Gasteiger partial charge in [-0.2, -0.15) is 0 Å². The van der Waals surface area contributed by atoms with Crippen molar-refractivity contribution in [2.45, 2.75) is 51.0 Å². The monoisotopic (exact) mass is 353 g/mol. The first-order valence-electron chi connectivity index (χ1n) is 9.50. The van der Waals surface area contributed by atoms with Crippen LogP contribution in [0.1, 0.15) is 36.2 Å². The van der Waals surface area contributed by atoms with Gasteiger partial charge in [0.25, 0.3) is 0 Å². The average molecular weight is 353 g/mol. The van der Waals surface area contributed by atoms with Crippen LogP contribution in [0.3, 0.4) is 0 Å². The summed E-state index contributed by atoms with van der Waals surface area (Å²) in [5.41, 5.74) is 3.32. The maximum Gasteiger partial charge on any atom is 0.0892 e. The van der Waals surface area contributed by atoms with Crippen molar-refractivity contribution in [1.82, 2.24) is 14.9 Å². The molecule has 26 heavy (non-hydrogen) atoms. The second kappa shape index (κ2) is 7.82. The van der Waals surface area contributed by atoms with Gasteiger partial charge < -0.3 is 9.47 Å². The number of hydrogen-bond acceptors (Lipinski definition) is 5. The first-order valence-corrected chi connectivity index (χ1v) is 9.50. The molecule has 5 heteroatoms. The molecule has 0 radical (unpaired) electrons. The van der Waals surface area contributed by atoms with E-state index in [4.69, 9.17) is 9.47 Å². The Morgan fingerprint density at radius 1 is 1.23 bits per heavy atom. The van der Waals surface area contributed by atoms with E-state index < -0.39 is 0 Å². The Bertz CT molecular complexity index is 714. The van der Waals surface area contributed by atoms with Gasteiger partial charge in [0, 0.05) is 44.1 Å². The molecule has 0 aliphatic carbocycles. The molecule has 0 bridgehead atoms. The Balaban J connectivity index is 1.25. The van der Waals surface area contributed by atoms with Crippen LogP contribution in [-0.4, -0.2) is 46.3 Å². The van der Waals surface area contributed by atoms with Crippen LogP contribution in [0, 0.1) is 6.92 Å². The lowest BCUT2D eigenvalue weighted by Crippen LogP contribution is -2.43. The minimum Gasteiger partial charge on any atom is -0.372 e. The zero-order chi connectivity index (χ0) is 17.8. The third-order valence-corrected chi connectivity index (χ3v) is 5.48. The van der Waals surface area contributed by atoms with Gasteiger partial charge in [-0.05, 0) is 43.5 Å². The summed E-state index contributed by atoms with van der Waals surface area (Å²) in [5, 5.41) is 0. The Morgan fingerprint density at radius 2 is 2.12 bits per heavy atom. The molecule has 2 aliphatic rings.